The molecular formula is C16H20BrNO2. The van der Waals surface area contributed by atoms with E-state index in [1.807, 2.05) is 30.3 Å². The first-order valence-corrected chi connectivity index (χ1v) is 7.54. The van der Waals surface area contributed by atoms with Gasteiger partial charge in [0, 0.05) is 6.04 Å². The Bertz CT molecular complexity index is 563. The molecule has 1 aromatic carbocycles. The summed E-state index contributed by atoms with van der Waals surface area (Å²) in [5.74, 6) is 2.65. The van der Waals surface area contributed by atoms with E-state index in [0.717, 1.165) is 33.9 Å². The van der Waals surface area contributed by atoms with Gasteiger partial charge in [-0.2, -0.15) is 0 Å². The van der Waals surface area contributed by atoms with Gasteiger partial charge in [-0.15, -0.1) is 0 Å². The van der Waals surface area contributed by atoms with Gasteiger partial charge in [-0.3, -0.25) is 0 Å². The first kappa shape index (κ1) is 15.1. The molecule has 4 heteroatoms. The van der Waals surface area contributed by atoms with Crippen LogP contribution < -0.4 is 10.1 Å². The molecule has 0 fully saturated rings. The molecule has 3 nitrogen and oxygen atoms in total. The summed E-state index contributed by atoms with van der Waals surface area (Å²) in [7, 11) is 0. The Hall–Kier alpha value is -1.26. The zero-order chi connectivity index (χ0) is 14.5. The molecule has 2 aromatic rings. The molecule has 1 aromatic heterocycles. The third-order valence-corrected chi connectivity index (χ3v) is 3.60. The van der Waals surface area contributed by atoms with Crippen LogP contribution in [-0.4, -0.2) is 6.04 Å². The summed E-state index contributed by atoms with van der Waals surface area (Å²) < 4.78 is 12.5. The first-order chi connectivity index (χ1) is 9.56. The van der Waals surface area contributed by atoms with E-state index in [0.29, 0.717) is 12.6 Å². The third kappa shape index (κ3) is 4.12. The molecule has 108 valence electrons. The van der Waals surface area contributed by atoms with Crippen LogP contribution in [0.3, 0.4) is 0 Å². The van der Waals surface area contributed by atoms with Gasteiger partial charge in [0.2, 0.25) is 0 Å². The fourth-order valence-electron chi connectivity index (χ4n) is 1.84. The van der Waals surface area contributed by atoms with E-state index < -0.39 is 0 Å². The Morgan fingerprint density at radius 3 is 2.75 bits per heavy atom. The summed E-state index contributed by atoms with van der Waals surface area (Å²) in [5.41, 5.74) is 1.16. The molecule has 0 unspecified atom stereocenters. The Kier molecular flexibility index (Phi) is 5.26. The maximum atomic E-state index is 5.82. The van der Waals surface area contributed by atoms with Crippen molar-refractivity contribution in [3.05, 3.63) is 51.9 Å². The number of ether oxygens (including phenoxy) is 1. The number of hydrogen-bond donors (Lipinski definition) is 1. The van der Waals surface area contributed by atoms with Crippen molar-refractivity contribution in [2.45, 2.75) is 40.0 Å². The van der Waals surface area contributed by atoms with E-state index in [9.17, 15) is 0 Å². The second-order valence-corrected chi connectivity index (χ2v) is 5.93. The summed E-state index contributed by atoms with van der Waals surface area (Å²) in [5, 5.41) is 3.36. The molecule has 0 radical (unpaired) electrons. The van der Waals surface area contributed by atoms with Crippen LogP contribution in [0.5, 0.6) is 5.75 Å². The molecule has 0 aliphatic heterocycles. The highest BCUT2D eigenvalue weighted by Crippen LogP contribution is 2.25. The number of rotatable bonds is 6. The second-order valence-electron chi connectivity index (χ2n) is 5.07. The van der Waals surface area contributed by atoms with Crippen LogP contribution in [0.4, 0.5) is 0 Å². The summed E-state index contributed by atoms with van der Waals surface area (Å²) in [4.78, 5) is 0. The molecule has 2 rings (SSSR count). The topological polar surface area (TPSA) is 34.4 Å². The number of furan rings is 1. The van der Waals surface area contributed by atoms with Gasteiger partial charge in [-0.25, -0.2) is 0 Å². The van der Waals surface area contributed by atoms with E-state index >= 15 is 0 Å². The minimum absolute atomic E-state index is 0.436. The number of nitrogens with one attached hydrogen (secondary N) is 1. The van der Waals surface area contributed by atoms with Gasteiger partial charge in [-0.1, -0.05) is 26.0 Å². The number of benzene rings is 1. The fraction of sp³-hybridized carbons (Fsp3) is 0.375. The molecule has 0 saturated heterocycles. The van der Waals surface area contributed by atoms with Crippen molar-refractivity contribution < 1.29 is 9.15 Å². The molecule has 1 N–H and O–H groups in total. The predicted molar refractivity (Wildman–Crippen MR) is 83.9 cm³/mol. The van der Waals surface area contributed by atoms with E-state index in [4.69, 9.17) is 9.15 Å². The van der Waals surface area contributed by atoms with Crippen molar-refractivity contribution in [3.63, 3.8) is 0 Å². The van der Waals surface area contributed by atoms with Crippen LogP contribution in [0.1, 0.15) is 30.9 Å². The van der Waals surface area contributed by atoms with Crippen LogP contribution in [0.2, 0.25) is 0 Å². The van der Waals surface area contributed by atoms with Crippen LogP contribution in [0.15, 0.2) is 39.2 Å². The highest BCUT2D eigenvalue weighted by Gasteiger charge is 2.09. The normalized spacial score (nSPS) is 11.1. The maximum absolute atomic E-state index is 5.82. The van der Waals surface area contributed by atoms with Gasteiger partial charge >= 0.3 is 0 Å². The monoisotopic (exact) mass is 337 g/mol. The minimum Gasteiger partial charge on any atom is -0.484 e. The molecule has 0 amide bonds. The van der Waals surface area contributed by atoms with E-state index in [2.05, 4.69) is 42.0 Å². The molecule has 1 heterocycles. The zero-order valence-corrected chi connectivity index (χ0v) is 13.7. The molecule has 0 saturated carbocycles. The Balaban J connectivity index is 1.97. The predicted octanol–water partition coefficient (Wildman–Crippen LogP) is 4.43. The average Bonchev–Trinajstić information content (AvgIpc) is 2.76. The lowest BCUT2D eigenvalue weighted by atomic mass is 10.2. The quantitative estimate of drug-likeness (QED) is 0.846. The number of halogens is 1. The van der Waals surface area contributed by atoms with Gasteiger partial charge in [0.15, 0.2) is 0 Å². The van der Waals surface area contributed by atoms with Crippen LogP contribution in [-0.2, 0) is 13.2 Å². The van der Waals surface area contributed by atoms with Crippen molar-refractivity contribution >= 4 is 15.9 Å². The van der Waals surface area contributed by atoms with Gasteiger partial charge in [0.25, 0.3) is 0 Å². The van der Waals surface area contributed by atoms with E-state index in [1.165, 1.54) is 0 Å². The largest absolute Gasteiger partial charge is 0.484 e. The number of hydrogen-bond acceptors (Lipinski definition) is 3. The van der Waals surface area contributed by atoms with Crippen LogP contribution in [0, 0.1) is 6.92 Å². The van der Waals surface area contributed by atoms with E-state index in [-0.39, 0.29) is 0 Å². The Morgan fingerprint density at radius 2 is 2.05 bits per heavy atom. The molecule has 20 heavy (non-hydrogen) atoms. The lowest BCUT2D eigenvalue weighted by Crippen LogP contribution is -2.21. The van der Waals surface area contributed by atoms with Crippen molar-refractivity contribution in [1.82, 2.24) is 5.32 Å². The third-order valence-electron chi connectivity index (χ3n) is 2.95. The SMILES string of the molecule is Cc1cc(COc2ccccc2Br)oc1CNC(C)C. The Morgan fingerprint density at radius 1 is 1.30 bits per heavy atom. The lowest BCUT2D eigenvalue weighted by molar-refractivity contribution is 0.263. The highest BCUT2D eigenvalue weighted by atomic mass is 79.9. The summed E-state index contributed by atoms with van der Waals surface area (Å²) in [6.07, 6.45) is 0. The van der Waals surface area contributed by atoms with E-state index in [1.54, 1.807) is 0 Å². The Labute approximate surface area is 128 Å². The summed E-state index contributed by atoms with van der Waals surface area (Å²) in [6, 6.07) is 10.3. The smallest absolute Gasteiger partial charge is 0.146 e. The van der Waals surface area contributed by atoms with Gasteiger partial charge in [-0.05, 0) is 46.6 Å². The fourth-order valence-corrected chi connectivity index (χ4v) is 2.24. The van der Waals surface area contributed by atoms with Crippen molar-refractivity contribution in [1.29, 1.82) is 0 Å². The van der Waals surface area contributed by atoms with Gasteiger partial charge < -0.3 is 14.5 Å². The number of para-hydroxylation sites is 1. The first-order valence-electron chi connectivity index (χ1n) is 6.75. The molecule has 0 atom stereocenters. The van der Waals surface area contributed by atoms with Crippen molar-refractivity contribution in [2.24, 2.45) is 0 Å². The second kappa shape index (κ2) is 6.95. The van der Waals surface area contributed by atoms with Crippen molar-refractivity contribution in [2.75, 3.05) is 0 Å². The molecule has 0 bridgehead atoms. The molecular weight excluding hydrogens is 318 g/mol. The minimum atomic E-state index is 0.436. The highest BCUT2D eigenvalue weighted by molar-refractivity contribution is 9.10. The summed E-state index contributed by atoms with van der Waals surface area (Å²) >= 11 is 3.46. The molecule has 0 aliphatic carbocycles. The lowest BCUT2D eigenvalue weighted by Gasteiger charge is -2.07. The maximum Gasteiger partial charge on any atom is 0.146 e. The van der Waals surface area contributed by atoms with Gasteiger partial charge in [0.05, 0.1) is 11.0 Å². The summed E-state index contributed by atoms with van der Waals surface area (Å²) in [6.45, 7) is 7.48. The average molecular weight is 338 g/mol. The van der Waals surface area contributed by atoms with Gasteiger partial charge in [0.1, 0.15) is 23.9 Å². The van der Waals surface area contributed by atoms with Crippen LogP contribution in [0.25, 0.3) is 0 Å². The van der Waals surface area contributed by atoms with Crippen molar-refractivity contribution in [3.8, 4) is 5.75 Å². The molecule has 0 aliphatic rings. The van der Waals surface area contributed by atoms with Crippen LogP contribution >= 0.6 is 15.9 Å². The molecule has 0 spiro atoms. The zero-order valence-electron chi connectivity index (χ0n) is 12.1. The number of aryl methyl sites for hydroxylation is 1. The standard InChI is InChI=1S/C16H20BrNO2/c1-11(2)18-9-16-12(3)8-13(20-16)10-19-15-7-5-4-6-14(15)17/h4-8,11,18H,9-10H2,1-3H3.